The first-order valence-electron chi connectivity index (χ1n) is 6.51. The van der Waals surface area contributed by atoms with Crippen LogP contribution in [0.15, 0.2) is 24.7 Å². The zero-order valence-electron chi connectivity index (χ0n) is 11.6. The molecule has 0 radical (unpaired) electrons. The molecule has 0 saturated carbocycles. The number of aromatic nitrogens is 4. The molecule has 0 bridgehead atoms. The van der Waals surface area contributed by atoms with Crippen molar-refractivity contribution < 1.29 is 4.79 Å². The van der Waals surface area contributed by atoms with E-state index in [0.29, 0.717) is 24.5 Å². The molecule has 106 valence electrons. The number of hydrogen-bond acceptors (Lipinski definition) is 5. The highest BCUT2D eigenvalue weighted by atomic mass is 16.1. The summed E-state index contributed by atoms with van der Waals surface area (Å²) in [5, 5.41) is 10.1. The van der Waals surface area contributed by atoms with Crippen LogP contribution in [0.1, 0.15) is 23.2 Å². The number of pyridine rings is 1. The van der Waals surface area contributed by atoms with Gasteiger partial charge in [-0.25, -0.2) is 9.97 Å². The van der Waals surface area contributed by atoms with Gasteiger partial charge in [0.05, 0.1) is 11.9 Å². The molecule has 0 aliphatic heterocycles. The van der Waals surface area contributed by atoms with Gasteiger partial charge in [-0.05, 0) is 19.1 Å². The maximum atomic E-state index is 11.9. The Bertz CT molecular complexity index is 562. The molecule has 0 aliphatic rings. The second-order valence-electron chi connectivity index (χ2n) is 4.30. The number of anilines is 1. The smallest absolute Gasteiger partial charge is 0.269 e. The Labute approximate surface area is 117 Å². The third kappa shape index (κ3) is 3.78. The van der Waals surface area contributed by atoms with E-state index < -0.39 is 0 Å². The number of carbonyl (C=O) groups is 1. The summed E-state index contributed by atoms with van der Waals surface area (Å²) in [6, 6.07) is 3.54. The fourth-order valence-corrected chi connectivity index (χ4v) is 1.71. The predicted molar refractivity (Wildman–Crippen MR) is 75.4 cm³/mol. The Morgan fingerprint density at radius 3 is 2.80 bits per heavy atom. The lowest BCUT2D eigenvalue weighted by atomic mass is 10.3. The molecule has 7 nitrogen and oxygen atoms in total. The van der Waals surface area contributed by atoms with Crippen molar-refractivity contribution >= 4 is 11.6 Å². The van der Waals surface area contributed by atoms with Crippen LogP contribution in [-0.4, -0.2) is 38.7 Å². The van der Waals surface area contributed by atoms with Crippen LogP contribution in [0, 0.1) is 0 Å². The minimum absolute atomic E-state index is 0.191. The van der Waals surface area contributed by atoms with Crippen molar-refractivity contribution in [3.63, 3.8) is 0 Å². The van der Waals surface area contributed by atoms with E-state index in [4.69, 9.17) is 0 Å². The Balaban J connectivity index is 1.82. The van der Waals surface area contributed by atoms with Crippen LogP contribution in [0.4, 0.5) is 5.69 Å². The van der Waals surface area contributed by atoms with Gasteiger partial charge in [0.1, 0.15) is 12.0 Å². The van der Waals surface area contributed by atoms with Crippen LogP contribution in [0.25, 0.3) is 0 Å². The van der Waals surface area contributed by atoms with Crippen molar-refractivity contribution in [1.82, 2.24) is 25.1 Å². The second kappa shape index (κ2) is 6.65. The lowest BCUT2D eigenvalue weighted by Gasteiger charge is -2.05. The summed E-state index contributed by atoms with van der Waals surface area (Å²) in [6.07, 6.45) is 3.89. The highest BCUT2D eigenvalue weighted by molar-refractivity contribution is 5.92. The molecular weight excluding hydrogens is 256 g/mol. The largest absolute Gasteiger partial charge is 0.384 e. The third-order valence-corrected chi connectivity index (χ3v) is 2.66. The van der Waals surface area contributed by atoms with Crippen LogP contribution in [-0.2, 0) is 13.5 Å². The molecule has 2 aromatic rings. The maximum Gasteiger partial charge on any atom is 0.269 e. The average Bonchev–Trinajstić information content (AvgIpc) is 2.85. The van der Waals surface area contributed by atoms with E-state index in [0.717, 1.165) is 12.2 Å². The first-order chi connectivity index (χ1) is 9.69. The number of nitrogens with one attached hydrogen (secondary N) is 2. The molecule has 1 amide bonds. The van der Waals surface area contributed by atoms with E-state index in [9.17, 15) is 4.79 Å². The van der Waals surface area contributed by atoms with Gasteiger partial charge in [-0.15, -0.1) is 0 Å². The van der Waals surface area contributed by atoms with E-state index >= 15 is 0 Å². The summed E-state index contributed by atoms with van der Waals surface area (Å²) >= 11 is 0. The summed E-state index contributed by atoms with van der Waals surface area (Å²) < 4.78 is 1.64. The summed E-state index contributed by atoms with van der Waals surface area (Å²) in [5.41, 5.74) is 1.31. The zero-order valence-corrected chi connectivity index (χ0v) is 11.6. The number of nitrogens with zero attached hydrogens (tertiary/aromatic N) is 4. The molecule has 0 aliphatic carbocycles. The van der Waals surface area contributed by atoms with Crippen LogP contribution < -0.4 is 10.6 Å². The zero-order chi connectivity index (χ0) is 14.4. The quantitative estimate of drug-likeness (QED) is 0.806. The molecule has 0 atom stereocenters. The topological polar surface area (TPSA) is 84.7 Å². The van der Waals surface area contributed by atoms with E-state index in [1.807, 2.05) is 20.0 Å². The molecule has 0 fully saturated rings. The van der Waals surface area contributed by atoms with Crippen LogP contribution >= 0.6 is 0 Å². The third-order valence-electron chi connectivity index (χ3n) is 2.66. The Kier molecular flexibility index (Phi) is 4.65. The SMILES string of the molecule is CCNc1ccc(C(=O)NCCc2ncn(C)n2)nc1. The number of amides is 1. The lowest BCUT2D eigenvalue weighted by Crippen LogP contribution is -2.26. The van der Waals surface area contributed by atoms with Gasteiger partial charge in [0.2, 0.25) is 0 Å². The van der Waals surface area contributed by atoms with Gasteiger partial charge in [0, 0.05) is 26.6 Å². The van der Waals surface area contributed by atoms with Crippen molar-refractivity contribution in [2.45, 2.75) is 13.3 Å². The second-order valence-corrected chi connectivity index (χ2v) is 4.30. The van der Waals surface area contributed by atoms with Crippen molar-refractivity contribution in [3.8, 4) is 0 Å². The minimum atomic E-state index is -0.191. The summed E-state index contributed by atoms with van der Waals surface area (Å²) in [6.45, 7) is 3.32. The molecule has 2 heterocycles. The summed E-state index contributed by atoms with van der Waals surface area (Å²) in [5.74, 6) is 0.521. The molecule has 2 rings (SSSR count). The molecule has 2 N–H and O–H groups in total. The summed E-state index contributed by atoms with van der Waals surface area (Å²) in [4.78, 5) is 20.1. The number of carbonyl (C=O) groups excluding carboxylic acids is 1. The van der Waals surface area contributed by atoms with Gasteiger partial charge in [-0.2, -0.15) is 5.10 Å². The lowest BCUT2D eigenvalue weighted by molar-refractivity contribution is 0.0949. The first kappa shape index (κ1) is 14.0. The molecule has 0 aromatic carbocycles. The number of aryl methyl sites for hydroxylation is 1. The number of hydrogen-bond donors (Lipinski definition) is 2. The Morgan fingerprint density at radius 1 is 1.35 bits per heavy atom. The van der Waals surface area contributed by atoms with Gasteiger partial charge in [-0.1, -0.05) is 0 Å². The fraction of sp³-hybridized carbons (Fsp3) is 0.385. The average molecular weight is 274 g/mol. The van der Waals surface area contributed by atoms with Gasteiger partial charge >= 0.3 is 0 Å². The van der Waals surface area contributed by atoms with Crippen molar-refractivity contribution in [2.24, 2.45) is 7.05 Å². The molecule has 2 aromatic heterocycles. The van der Waals surface area contributed by atoms with Gasteiger partial charge < -0.3 is 10.6 Å². The standard InChI is InChI=1S/C13H18N6O/c1-3-14-10-4-5-11(16-8-10)13(20)15-7-6-12-17-9-19(2)18-12/h4-5,8-9,14H,3,6-7H2,1-2H3,(H,15,20). The highest BCUT2D eigenvalue weighted by Gasteiger charge is 2.07. The molecular formula is C13H18N6O. The van der Waals surface area contributed by atoms with E-state index in [-0.39, 0.29) is 5.91 Å². The normalized spacial score (nSPS) is 10.3. The fourth-order valence-electron chi connectivity index (χ4n) is 1.71. The van der Waals surface area contributed by atoms with Gasteiger partial charge in [0.15, 0.2) is 5.82 Å². The Morgan fingerprint density at radius 2 is 2.20 bits per heavy atom. The van der Waals surface area contributed by atoms with E-state index in [2.05, 4.69) is 25.7 Å². The van der Waals surface area contributed by atoms with Crippen molar-refractivity contribution in [1.29, 1.82) is 0 Å². The van der Waals surface area contributed by atoms with Gasteiger partial charge in [-0.3, -0.25) is 9.48 Å². The van der Waals surface area contributed by atoms with E-state index in [1.54, 1.807) is 23.3 Å². The van der Waals surface area contributed by atoms with Crippen molar-refractivity contribution in [2.75, 3.05) is 18.4 Å². The Hall–Kier alpha value is -2.44. The van der Waals surface area contributed by atoms with E-state index in [1.165, 1.54) is 0 Å². The molecule has 0 unspecified atom stereocenters. The first-order valence-corrected chi connectivity index (χ1v) is 6.51. The monoisotopic (exact) mass is 274 g/mol. The molecule has 7 heteroatoms. The highest BCUT2D eigenvalue weighted by Crippen LogP contribution is 2.05. The van der Waals surface area contributed by atoms with Crippen LogP contribution in [0.2, 0.25) is 0 Å². The maximum absolute atomic E-state index is 11.9. The predicted octanol–water partition coefficient (Wildman–Crippen LogP) is 0.614. The minimum Gasteiger partial charge on any atom is -0.384 e. The van der Waals surface area contributed by atoms with Gasteiger partial charge in [0.25, 0.3) is 5.91 Å². The van der Waals surface area contributed by atoms with Crippen molar-refractivity contribution in [3.05, 3.63) is 36.2 Å². The van der Waals surface area contributed by atoms with Crippen LogP contribution in [0.5, 0.6) is 0 Å². The molecule has 0 spiro atoms. The number of rotatable bonds is 6. The molecule has 20 heavy (non-hydrogen) atoms. The summed E-state index contributed by atoms with van der Waals surface area (Å²) in [7, 11) is 1.81. The van der Waals surface area contributed by atoms with Crippen LogP contribution in [0.3, 0.4) is 0 Å². The molecule has 0 saturated heterocycles.